The Labute approximate surface area is 120 Å². The molecule has 2 rings (SSSR count). The van der Waals surface area contributed by atoms with Crippen molar-refractivity contribution in [1.29, 1.82) is 0 Å². The molecule has 1 N–H and O–H groups in total. The fraction of sp³-hybridized carbons (Fsp3) is 0.583. The van der Waals surface area contributed by atoms with Crippen molar-refractivity contribution in [2.45, 2.75) is 35.9 Å². The quantitative estimate of drug-likeness (QED) is 0.914. The molecule has 0 spiro atoms. The first-order chi connectivity index (χ1) is 9.56. The first kappa shape index (κ1) is 16.2. The SMILES string of the molecule is CN(CC1(O)CCC1)S(=O)(=O)c1cccnc1C(F)(F)F. The minimum absolute atomic E-state index is 0.235. The molecule has 0 aromatic carbocycles. The summed E-state index contributed by atoms with van der Waals surface area (Å²) in [5, 5.41) is 9.98. The minimum Gasteiger partial charge on any atom is -0.389 e. The fourth-order valence-electron chi connectivity index (χ4n) is 2.22. The average molecular weight is 324 g/mol. The summed E-state index contributed by atoms with van der Waals surface area (Å²) in [6.45, 7) is -0.235. The molecule has 9 heteroatoms. The van der Waals surface area contributed by atoms with Gasteiger partial charge in [-0.15, -0.1) is 0 Å². The number of sulfonamides is 1. The van der Waals surface area contributed by atoms with Crippen LogP contribution in [0.5, 0.6) is 0 Å². The van der Waals surface area contributed by atoms with Crippen molar-refractivity contribution in [3.63, 3.8) is 0 Å². The highest BCUT2D eigenvalue weighted by molar-refractivity contribution is 7.89. The Bertz CT molecular complexity index is 627. The largest absolute Gasteiger partial charge is 0.434 e. The molecule has 21 heavy (non-hydrogen) atoms. The molecule has 0 saturated heterocycles. The Morgan fingerprint density at radius 3 is 2.52 bits per heavy atom. The van der Waals surface area contributed by atoms with Crippen LogP contribution in [0.25, 0.3) is 0 Å². The molecule has 1 saturated carbocycles. The Balaban J connectivity index is 2.36. The van der Waals surface area contributed by atoms with Crippen LogP contribution in [0, 0.1) is 0 Å². The van der Waals surface area contributed by atoms with Crippen LogP contribution in [0.15, 0.2) is 23.2 Å². The van der Waals surface area contributed by atoms with E-state index in [1.165, 1.54) is 0 Å². The maximum absolute atomic E-state index is 12.9. The van der Waals surface area contributed by atoms with E-state index in [0.29, 0.717) is 12.8 Å². The summed E-state index contributed by atoms with van der Waals surface area (Å²) in [7, 11) is -3.22. The third-order valence-electron chi connectivity index (χ3n) is 3.53. The molecule has 1 heterocycles. The zero-order valence-corrected chi connectivity index (χ0v) is 12.1. The molecule has 1 fully saturated rings. The van der Waals surface area contributed by atoms with E-state index >= 15 is 0 Å². The van der Waals surface area contributed by atoms with Gasteiger partial charge in [-0.1, -0.05) is 0 Å². The van der Waals surface area contributed by atoms with Gasteiger partial charge in [0.2, 0.25) is 10.0 Å². The summed E-state index contributed by atoms with van der Waals surface area (Å²) < 4.78 is 63.9. The monoisotopic (exact) mass is 324 g/mol. The van der Waals surface area contributed by atoms with Crippen molar-refractivity contribution < 1.29 is 26.7 Å². The van der Waals surface area contributed by atoms with Gasteiger partial charge in [0.05, 0.1) is 5.60 Å². The lowest BCUT2D eigenvalue weighted by molar-refractivity contribution is -0.143. The highest BCUT2D eigenvalue weighted by Gasteiger charge is 2.42. The summed E-state index contributed by atoms with van der Waals surface area (Å²) in [4.78, 5) is 2.24. The molecule has 0 bridgehead atoms. The molecule has 1 aliphatic rings. The number of aliphatic hydroxyl groups is 1. The van der Waals surface area contributed by atoms with Crippen LogP contribution >= 0.6 is 0 Å². The van der Waals surface area contributed by atoms with Gasteiger partial charge in [0.25, 0.3) is 0 Å². The molecule has 0 aliphatic heterocycles. The number of aromatic nitrogens is 1. The zero-order chi connectivity index (χ0) is 15.9. The molecule has 118 valence electrons. The highest BCUT2D eigenvalue weighted by atomic mass is 32.2. The second kappa shape index (κ2) is 5.22. The van der Waals surface area contributed by atoms with E-state index in [9.17, 15) is 26.7 Å². The lowest BCUT2D eigenvalue weighted by Gasteiger charge is -2.39. The van der Waals surface area contributed by atoms with E-state index in [4.69, 9.17) is 0 Å². The minimum atomic E-state index is -4.86. The Hall–Kier alpha value is -1.19. The first-order valence-corrected chi connectivity index (χ1v) is 7.71. The van der Waals surface area contributed by atoms with Crippen LogP contribution in [-0.2, 0) is 16.2 Å². The van der Waals surface area contributed by atoms with E-state index < -0.39 is 32.4 Å². The van der Waals surface area contributed by atoms with Gasteiger partial charge in [-0.3, -0.25) is 4.98 Å². The molecular weight excluding hydrogens is 309 g/mol. The second-order valence-electron chi connectivity index (χ2n) is 5.19. The van der Waals surface area contributed by atoms with Crippen LogP contribution in [0.3, 0.4) is 0 Å². The van der Waals surface area contributed by atoms with Gasteiger partial charge in [0.1, 0.15) is 4.90 Å². The molecule has 0 unspecified atom stereocenters. The lowest BCUT2D eigenvalue weighted by atomic mass is 9.80. The maximum Gasteiger partial charge on any atom is 0.434 e. The van der Waals surface area contributed by atoms with Crippen LogP contribution < -0.4 is 0 Å². The van der Waals surface area contributed by atoms with Crippen LogP contribution in [0.1, 0.15) is 25.0 Å². The van der Waals surface area contributed by atoms with Crippen LogP contribution in [0.4, 0.5) is 13.2 Å². The number of pyridine rings is 1. The molecule has 0 atom stereocenters. The summed E-state index contributed by atoms with van der Waals surface area (Å²) in [5.41, 5.74) is -2.60. The van der Waals surface area contributed by atoms with Crippen molar-refractivity contribution in [1.82, 2.24) is 9.29 Å². The average Bonchev–Trinajstić information content (AvgIpc) is 2.35. The molecule has 1 aromatic heterocycles. The Morgan fingerprint density at radius 1 is 1.43 bits per heavy atom. The van der Waals surface area contributed by atoms with Gasteiger partial charge in [-0.05, 0) is 31.4 Å². The van der Waals surface area contributed by atoms with Crippen LogP contribution in [-0.4, -0.2) is 42.0 Å². The van der Waals surface area contributed by atoms with Gasteiger partial charge in [-0.25, -0.2) is 8.42 Å². The van der Waals surface area contributed by atoms with Crippen molar-refractivity contribution in [2.75, 3.05) is 13.6 Å². The number of hydrogen-bond donors (Lipinski definition) is 1. The van der Waals surface area contributed by atoms with Gasteiger partial charge in [0.15, 0.2) is 5.69 Å². The van der Waals surface area contributed by atoms with Gasteiger partial charge in [-0.2, -0.15) is 17.5 Å². The molecular formula is C12H15F3N2O3S. The fourth-order valence-corrected chi connectivity index (χ4v) is 3.63. The normalized spacial score (nSPS) is 18.6. The van der Waals surface area contributed by atoms with Crippen molar-refractivity contribution in [2.24, 2.45) is 0 Å². The van der Waals surface area contributed by atoms with E-state index in [1.807, 2.05) is 0 Å². The second-order valence-corrected chi connectivity index (χ2v) is 7.20. The van der Waals surface area contributed by atoms with Crippen molar-refractivity contribution in [3.05, 3.63) is 24.0 Å². The van der Waals surface area contributed by atoms with Gasteiger partial charge < -0.3 is 5.11 Å². The topological polar surface area (TPSA) is 70.5 Å². The summed E-state index contributed by atoms with van der Waals surface area (Å²) in [5.74, 6) is 0. The zero-order valence-electron chi connectivity index (χ0n) is 11.3. The van der Waals surface area contributed by atoms with Gasteiger partial charge >= 0.3 is 6.18 Å². The molecule has 0 radical (unpaired) electrons. The Morgan fingerprint density at radius 2 is 2.05 bits per heavy atom. The van der Waals surface area contributed by atoms with E-state index in [2.05, 4.69) is 4.98 Å². The lowest BCUT2D eigenvalue weighted by Crippen LogP contribution is -2.48. The molecule has 5 nitrogen and oxygen atoms in total. The number of rotatable bonds is 4. The first-order valence-electron chi connectivity index (χ1n) is 6.27. The maximum atomic E-state index is 12.9. The summed E-state index contributed by atoms with van der Waals surface area (Å²) in [6, 6.07) is 2.00. The van der Waals surface area contributed by atoms with E-state index in [0.717, 1.165) is 36.1 Å². The molecule has 0 amide bonds. The standard InChI is InChI=1S/C12H15F3N2O3S/c1-17(8-11(18)5-3-6-11)21(19,20)9-4-2-7-16-10(9)12(13,14)15/h2,4,7,18H,3,5-6,8H2,1H3. The highest BCUT2D eigenvalue weighted by Crippen LogP contribution is 2.36. The number of halogens is 3. The predicted octanol–water partition coefficient (Wildman–Crippen LogP) is 1.64. The Kier molecular flexibility index (Phi) is 4.02. The predicted molar refractivity (Wildman–Crippen MR) is 67.9 cm³/mol. The van der Waals surface area contributed by atoms with E-state index in [-0.39, 0.29) is 6.54 Å². The smallest absolute Gasteiger partial charge is 0.389 e. The summed E-state index contributed by atoms with van der Waals surface area (Å²) in [6.07, 6.45) is -2.33. The third kappa shape index (κ3) is 3.19. The van der Waals surface area contributed by atoms with Crippen molar-refractivity contribution >= 4 is 10.0 Å². The number of nitrogens with zero attached hydrogens (tertiary/aromatic N) is 2. The number of hydrogen-bond acceptors (Lipinski definition) is 4. The van der Waals surface area contributed by atoms with E-state index in [1.54, 1.807) is 0 Å². The molecule has 1 aliphatic carbocycles. The van der Waals surface area contributed by atoms with Crippen LogP contribution in [0.2, 0.25) is 0 Å². The van der Waals surface area contributed by atoms with Crippen molar-refractivity contribution in [3.8, 4) is 0 Å². The third-order valence-corrected chi connectivity index (χ3v) is 5.36. The number of alkyl halides is 3. The summed E-state index contributed by atoms with van der Waals surface area (Å²) >= 11 is 0. The molecule has 1 aromatic rings. The van der Waals surface area contributed by atoms with Gasteiger partial charge in [0, 0.05) is 19.8 Å². The number of likely N-dealkylation sites (N-methyl/N-ethyl adjacent to an activating group) is 1.